The number of hydrogen-bond acceptors (Lipinski definition) is 4. The quantitative estimate of drug-likeness (QED) is 0.429. The first-order valence-electron chi connectivity index (χ1n) is 2.46. The summed E-state index contributed by atoms with van der Waals surface area (Å²) in [5.74, 6) is 0. The maximum absolute atomic E-state index is 10.4. The summed E-state index contributed by atoms with van der Waals surface area (Å²) in [6.07, 6.45) is 2.34. The van der Waals surface area contributed by atoms with Gasteiger partial charge in [0.05, 0.1) is 0 Å². The van der Waals surface area contributed by atoms with Gasteiger partial charge >= 0.3 is 61.5 Å². The van der Waals surface area contributed by atoms with Crippen molar-refractivity contribution in [3.8, 4) is 0 Å². The van der Waals surface area contributed by atoms with Crippen molar-refractivity contribution in [2.45, 2.75) is 5.03 Å². The fraction of sp³-hybridized carbons (Fsp3) is 0. The predicted molar refractivity (Wildman–Crippen MR) is 38.0 cm³/mol. The van der Waals surface area contributed by atoms with Crippen LogP contribution in [0.3, 0.4) is 0 Å². The zero-order valence-electron chi connectivity index (χ0n) is 7.10. The molecule has 0 aliphatic heterocycles. The summed E-state index contributed by atoms with van der Waals surface area (Å²) < 4.78 is 29.3. The molecule has 0 aliphatic rings. The summed E-state index contributed by atoms with van der Waals surface area (Å²) in [6.45, 7) is 0. The van der Waals surface area contributed by atoms with Crippen molar-refractivity contribution >= 4 is 21.7 Å². The molecule has 5 nitrogen and oxygen atoms in total. The third-order valence-corrected chi connectivity index (χ3v) is 2.04. The molecule has 0 aliphatic carbocycles. The van der Waals surface area contributed by atoms with Gasteiger partial charge < -0.3 is 1.43 Å². The van der Waals surface area contributed by atoms with Crippen LogP contribution in [0.2, 0.25) is 5.15 Å². The van der Waals surface area contributed by atoms with Gasteiger partial charge in [-0.05, 0) is 0 Å². The first kappa shape index (κ1) is 12.9. The molecule has 62 valence electrons. The molecule has 0 aromatic carbocycles. The first-order valence-corrected chi connectivity index (χ1v) is 4.27. The van der Waals surface area contributed by atoms with Gasteiger partial charge in [0.15, 0.2) is 5.15 Å². The number of hydrogen-bond donors (Lipinski definition) is 1. The standard InChI is InChI=1S/C4H3ClN2O3S.K.H/c5-3-4(11(8,9)10)7-2-1-6-3;;/h1-2H,(H,8,9,10);;/q;+1;-1. The van der Waals surface area contributed by atoms with Gasteiger partial charge in [-0.15, -0.1) is 0 Å². The summed E-state index contributed by atoms with van der Waals surface area (Å²) in [7, 11) is -4.34. The molecule has 0 fully saturated rings. The van der Waals surface area contributed by atoms with E-state index in [1.54, 1.807) is 0 Å². The minimum Gasteiger partial charge on any atom is -1.00 e. The van der Waals surface area contributed by atoms with Gasteiger partial charge in [0.1, 0.15) is 0 Å². The fourth-order valence-corrected chi connectivity index (χ4v) is 1.34. The Morgan fingerprint density at radius 1 is 1.42 bits per heavy atom. The fourth-order valence-electron chi connectivity index (χ4n) is 0.481. The van der Waals surface area contributed by atoms with Crippen LogP contribution in [0.15, 0.2) is 17.4 Å². The van der Waals surface area contributed by atoms with Crippen molar-refractivity contribution in [1.82, 2.24) is 9.97 Å². The van der Waals surface area contributed by atoms with Crippen LogP contribution in [0.5, 0.6) is 0 Å². The van der Waals surface area contributed by atoms with E-state index >= 15 is 0 Å². The van der Waals surface area contributed by atoms with Gasteiger partial charge in [0.2, 0.25) is 5.03 Å². The topological polar surface area (TPSA) is 80.2 Å². The van der Waals surface area contributed by atoms with Crippen LogP contribution in [0.4, 0.5) is 0 Å². The Balaban J connectivity index is 0. The zero-order chi connectivity index (χ0) is 8.48. The molecule has 0 unspecified atom stereocenters. The predicted octanol–water partition coefficient (Wildman–Crippen LogP) is -2.51. The summed E-state index contributed by atoms with van der Waals surface area (Å²) >= 11 is 5.30. The smallest absolute Gasteiger partial charge is 1.00 e. The third kappa shape index (κ3) is 3.34. The normalized spacial score (nSPS) is 10.5. The molecule has 0 radical (unpaired) electrons. The Hall–Kier alpha value is 0.916. The molecule has 1 aromatic heterocycles. The third-order valence-electron chi connectivity index (χ3n) is 0.867. The van der Waals surface area contributed by atoms with E-state index in [0.29, 0.717) is 0 Å². The van der Waals surface area contributed by atoms with Gasteiger partial charge in [-0.1, -0.05) is 11.6 Å². The average Bonchev–Trinajstić information content (AvgIpc) is 1.86. The van der Waals surface area contributed by atoms with E-state index in [2.05, 4.69) is 9.97 Å². The van der Waals surface area contributed by atoms with Crippen LogP contribution >= 0.6 is 11.6 Å². The summed E-state index contributed by atoms with van der Waals surface area (Å²) in [6, 6.07) is 0. The molecule has 0 saturated heterocycles. The van der Waals surface area contributed by atoms with E-state index in [-0.39, 0.29) is 58.0 Å². The Bertz CT molecular complexity index is 373. The molecule has 0 bridgehead atoms. The Morgan fingerprint density at radius 3 is 2.25 bits per heavy atom. The summed E-state index contributed by atoms with van der Waals surface area (Å²) in [5.41, 5.74) is 0. The maximum atomic E-state index is 10.4. The second kappa shape index (κ2) is 4.96. The molecule has 12 heavy (non-hydrogen) atoms. The molecule has 1 heterocycles. The molecule has 1 N–H and O–H groups in total. The second-order valence-electron chi connectivity index (χ2n) is 1.63. The maximum Gasteiger partial charge on any atom is 1.00 e. The summed E-state index contributed by atoms with van der Waals surface area (Å²) in [4.78, 5) is 6.73. The van der Waals surface area contributed by atoms with E-state index in [9.17, 15) is 8.42 Å². The Morgan fingerprint density at radius 2 is 1.92 bits per heavy atom. The molecule has 1 rings (SSSR count). The van der Waals surface area contributed by atoms with Gasteiger partial charge in [0, 0.05) is 12.4 Å². The zero-order valence-corrected chi connectivity index (χ0v) is 10.8. The molecular formula is C4H4ClKN2O3S. The SMILES string of the molecule is O=S(=O)(O)c1nccnc1Cl.[H-].[K+]. The second-order valence-corrected chi connectivity index (χ2v) is 3.32. The van der Waals surface area contributed by atoms with Crippen LogP contribution in [0, 0.1) is 0 Å². The van der Waals surface area contributed by atoms with Crippen molar-refractivity contribution in [2.24, 2.45) is 0 Å². The molecular weight excluding hydrogens is 231 g/mol. The molecule has 0 atom stereocenters. The first-order chi connectivity index (χ1) is 5.02. The largest absolute Gasteiger partial charge is 1.00 e. The molecule has 8 heteroatoms. The average molecular weight is 235 g/mol. The van der Waals surface area contributed by atoms with Crippen molar-refractivity contribution in [3.63, 3.8) is 0 Å². The number of halogens is 1. The Labute approximate surface area is 118 Å². The van der Waals surface area contributed by atoms with Crippen LogP contribution in [-0.2, 0) is 10.1 Å². The van der Waals surface area contributed by atoms with Gasteiger partial charge in [-0.2, -0.15) is 8.42 Å². The van der Waals surface area contributed by atoms with Gasteiger partial charge in [-0.25, -0.2) is 9.97 Å². The number of aromatic nitrogens is 2. The number of rotatable bonds is 1. The molecule has 1 aromatic rings. The van der Waals surface area contributed by atoms with E-state index in [1.165, 1.54) is 6.20 Å². The minimum atomic E-state index is -4.34. The van der Waals surface area contributed by atoms with Gasteiger partial charge in [0.25, 0.3) is 0 Å². The summed E-state index contributed by atoms with van der Waals surface area (Å²) in [5, 5.41) is -0.961. The van der Waals surface area contributed by atoms with E-state index in [0.717, 1.165) is 6.20 Å². The van der Waals surface area contributed by atoms with Crippen molar-refractivity contribution in [1.29, 1.82) is 0 Å². The monoisotopic (exact) mass is 234 g/mol. The van der Waals surface area contributed by atoms with Crippen LogP contribution in [0.1, 0.15) is 1.43 Å². The van der Waals surface area contributed by atoms with E-state index in [1.807, 2.05) is 0 Å². The van der Waals surface area contributed by atoms with Gasteiger partial charge in [-0.3, -0.25) is 4.55 Å². The van der Waals surface area contributed by atoms with Crippen LogP contribution in [0.25, 0.3) is 0 Å². The Kier molecular flexibility index (Phi) is 5.34. The molecule has 0 amide bonds. The van der Waals surface area contributed by atoms with Crippen molar-refractivity contribution in [3.05, 3.63) is 17.5 Å². The molecule has 0 spiro atoms. The van der Waals surface area contributed by atoms with Crippen LogP contribution < -0.4 is 51.4 Å². The van der Waals surface area contributed by atoms with E-state index in [4.69, 9.17) is 16.2 Å². The van der Waals surface area contributed by atoms with Crippen molar-refractivity contribution < 1.29 is 65.8 Å². The number of nitrogens with zero attached hydrogens (tertiary/aromatic N) is 2. The minimum absolute atomic E-state index is 0. The van der Waals surface area contributed by atoms with Crippen LogP contribution in [-0.4, -0.2) is 22.9 Å². The van der Waals surface area contributed by atoms with Crippen molar-refractivity contribution in [2.75, 3.05) is 0 Å². The molecule has 0 saturated carbocycles. The van der Waals surface area contributed by atoms with E-state index < -0.39 is 15.1 Å².